The Balaban J connectivity index is 1.40. The molecule has 3 heterocycles. The van der Waals surface area contributed by atoms with Gasteiger partial charge in [-0.3, -0.25) is 5.10 Å². The molecule has 0 bridgehead atoms. The van der Waals surface area contributed by atoms with E-state index >= 15 is 0 Å². The summed E-state index contributed by atoms with van der Waals surface area (Å²) in [6.07, 6.45) is 5.32. The third-order valence-corrected chi connectivity index (χ3v) is 7.83. The van der Waals surface area contributed by atoms with Gasteiger partial charge < -0.3 is 21.1 Å². The number of ether oxygens (including phenoxy) is 1. The fraction of sp³-hybridized carbons (Fsp3) is 0.522. The van der Waals surface area contributed by atoms with Gasteiger partial charge in [-0.2, -0.15) is 10.1 Å². The fourth-order valence-corrected chi connectivity index (χ4v) is 6.13. The molecule has 11 nitrogen and oxygen atoms in total. The van der Waals surface area contributed by atoms with Crippen molar-refractivity contribution in [3.63, 3.8) is 0 Å². The number of nitrogen functional groups attached to an aromatic ring is 2. The molecule has 2 aliphatic rings. The minimum Gasteiger partial charge on any atom is -0.382 e. The number of nitrogens with one attached hydrogen (secondary N) is 2. The van der Waals surface area contributed by atoms with Gasteiger partial charge in [-0.05, 0) is 38.3 Å². The van der Waals surface area contributed by atoms with Gasteiger partial charge in [0, 0.05) is 29.1 Å². The highest BCUT2D eigenvalue weighted by Gasteiger charge is 2.38. The number of nitrogens with two attached hydrogens (primary N) is 2. The van der Waals surface area contributed by atoms with E-state index in [0.29, 0.717) is 31.1 Å². The Morgan fingerprint density at radius 2 is 2.00 bits per heavy atom. The van der Waals surface area contributed by atoms with E-state index in [1.165, 1.54) is 0 Å². The van der Waals surface area contributed by atoms with Crippen LogP contribution in [0.25, 0.3) is 22.2 Å². The van der Waals surface area contributed by atoms with Gasteiger partial charge in [0.2, 0.25) is 16.8 Å². The molecule has 35 heavy (non-hydrogen) atoms. The van der Waals surface area contributed by atoms with Crippen LogP contribution >= 0.6 is 0 Å². The van der Waals surface area contributed by atoms with E-state index in [2.05, 4.69) is 36.7 Å². The number of aromatic nitrogens is 4. The maximum absolute atomic E-state index is 11.6. The second-order valence-electron chi connectivity index (χ2n) is 9.71. The van der Waals surface area contributed by atoms with Crippen LogP contribution in [0.4, 0.5) is 17.6 Å². The molecule has 2 aromatic heterocycles. The molecule has 1 aliphatic heterocycles. The van der Waals surface area contributed by atoms with E-state index in [9.17, 15) is 8.42 Å². The van der Waals surface area contributed by atoms with Gasteiger partial charge in [0.25, 0.3) is 0 Å². The summed E-state index contributed by atoms with van der Waals surface area (Å²) < 4.78 is 32.2. The van der Waals surface area contributed by atoms with Gasteiger partial charge in [0.15, 0.2) is 5.82 Å². The lowest BCUT2D eigenvalue weighted by Gasteiger charge is -2.44. The topological polar surface area (TPSA) is 165 Å². The first kappa shape index (κ1) is 23.8. The summed E-state index contributed by atoms with van der Waals surface area (Å²) in [4.78, 5) is 11.2. The first-order valence-corrected chi connectivity index (χ1v) is 13.2. The second-order valence-corrected chi connectivity index (χ2v) is 10.4. The van der Waals surface area contributed by atoms with Crippen molar-refractivity contribution in [1.82, 2.24) is 24.9 Å². The highest BCUT2D eigenvalue weighted by atomic mass is 32.2. The van der Waals surface area contributed by atoms with Crippen molar-refractivity contribution in [1.29, 1.82) is 0 Å². The molecule has 2 fully saturated rings. The minimum absolute atomic E-state index is 0.0784. The largest absolute Gasteiger partial charge is 0.382 e. The highest BCUT2D eigenvalue weighted by molar-refractivity contribution is 7.70. The van der Waals surface area contributed by atoms with E-state index in [1.54, 1.807) is 0 Å². The summed E-state index contributed by atoms with van der Waals surface area (Å²) in [7, 11) is -2.68. The molecule has 0 amide bonds. The molecule has 12 heteroatoms. The summed E-state index contributed by atoms with van der Waals surface area (Å²) in [6, 6.07) is 7.80. The van der Waals surface area contributed by atoms with Crippen LogP contribution in [0.5, 0.6) is 0 Å². The van der Waals surface area contributed by atoms with Gasteiger partial charge in [-0.15, -0.1) is 0 Å². The lowest BCUT2D eigenvalue weighted by molar-refractivity contribution is -0.00216. The molecule has 1 saturated carbocycles. The molecule has 1 aliphatic carbocycles. The Kier molecular flexibility index (Phi) is 6.51. The lowest BCUT2D eigenvalue weighted by Crippen LogP contribution is -2.54. The van der Waals surface area contributed by atoms with E-state index in [4.69, 9.17) is 16.2 Å². The number of thiol groups is 1. The fourth-order valence-electron chi connectivity index (χ4n) is 5.43. The third kappa shape index (κ3) is 5.04. The van der Waals surface area contributed by atoms with Crippen LogP contribution in [0, 0.1) is 0 Å². The minimum atomic E-state index is -2.68. The number of benzene rings is 1. The number of H-pyrrole nitrogens is 1. The molecule has 1 saturated heterocycles. The number of aromatic amines is 1. The van der Waals surface area contributed by atoms with Crippen molar-refractivity contribution in [2.24, 2.45) is 0 Å². The van der Waals surface area contributed by atoms with Crippen molar-refractivity contribution in [2.45, 2.75) is 63.1 Å². The zero-order valence-corrected chi connectivity index (χ0v) is 20.6. The molecule has 5 rings (SSSR count). The van der Waals surface area contributed by atoms with Crippen LogP contribution in [0.2, 0.25) is 0 Å². The van der Waals surface area contributed by atoms with Crippen LogP contribution in [-0.4, -0.2) is 59.4 Å². The number of hydrogen-bond acceptors (Lipinski definition) is 9. The number of anilines is 3. The monoisotopic (exact) mass is 500 g/mol. The highest BCUT2D eigenvalue weighted by Crippen LogP contribution is 2.35. The average Bonchev–Trinajstić information content (AvgIpc) is 3.20. The molecule has 0 unspecified atom stereocenters. The molecule has 0 spiro atoms. The SMILES string of the molecule is C[C@@H]1CO[C@@H](CC2(N[SH](=O)=O)CCCCC2)CN1c1cc(-c2ccc3c(N)n[nH]c3c2)nc(N)n1. The number of morpholine rings is 1. The van der Waals surface area contributed by atoms with E-state index < -0.39 is 16.4 Å². The quantitative estimate of drug-likeness (QED) is 0.318. The van der Waals surface area contributed by atoms with Crippen molar-refractivity contribution in [3.05, 3.63) is 24.3 Å². The van der Waals surface area contributed by atoms with Crippen LogP contribution < -0.4 is 21.1 Å². The molecule has 6 N–H and O–H groups in total. The Hall–Kier alpha value is -2.96. The molecule has 2 atom stereocenters. The number of fused-ring (bicyclic) bond motifs is 1. The average molecular weight is 501 g/mol. The molecule has 0 radical (unpaired) electrons. The number of nitrogens with zero attached hydrogens (tertiary/aromatic N) is 4. The summed E-state index contributed by atoms with van der Waals surface area (Å²) in [5.74, 6) is 1.36. The van der Waals surface area contributed by atoms with Gasteiger partial charge in [-0.1, -0.05) is 25.3 Å². The van der Waals surface area contributed by atoms with Crippen LogP contribution in [0.3, 0.4) is 0 Å². The standard InChI is InChI=1S/C23H32N8O3S/c1-14-13-34-16(11-23(30-35(32)33)7-3-2-4-8-23)12-31(14)20-10-18(26-22(25)27-20)15-5-6-17-19(9-15)28-29-21(17)24/h5-6,9-10,14,16,35H,2-4,7-8,11-13H2,1H3,(H3,24,28,29)(H2,25,26,27)(H,30,32,33)/t14-,16+/m1/s1. The van der Waals surface area contributed by atoms with Gasteiger partial charge in [-0.25, -0.2) is 18.1 Å². The normalized spacial score (nSPS) is 22.6. The van der Waals surface area contributed by atoms with Gasteiger partial charge in [0.1, 0.15) is 5.82 Å². The van der Waals surface area contributed by atoms with Crippen molar-refractivity contribution >= 4 is 39.4 Å². The van der Waals surface area contributed by atoms with Gasteiger partial charge in [0.05, 0.1) is 30.0 Å². The predicted molar refractivity (Wildman–Crippen MR) is 136 cm³/mol. The van der Waals surface area contributed by atoms with Crippen LogP contribution in [0.15, 0.2) is 24.3 Å². The molecular formula is C23H32N8O3S. The maximum atomic E-state index is 11.6. The summed E-state index contributed by atoms with van der Waals surface area (Å²) >= 11 is 0. The zero-order valence-electron chi connectivity index (χ0n) is 19.7. The lowest BCUT2D eigenvalue weighted by atomic mass is 9.78. The van der Waals surface area contributed by atoms with E-state index in [1.807, 2.05) is 24.3 Å². The van der Waals surface area contributed by atoms with Crippen LogP contribution in [-0.2, 0) is 15.6 Å². The first-order chi connectivity index (χ1) is 16.8. The zero-order chi connectivity index (χ0) is 24.6. The van der Waals surface area contributed by atoms with Crippen LogP contribution in [0.1, 0.15) is 45.4 Å². The summed E-state index contributed by atoms with van der Waals surface area (Å²) in [6.45, 7) is 3.19. The van der Waals surface area contributed by atoms with Crippen molar-refractivity contribution < 1.29 is 13.2 Å². The number of rotatable bonds is 6. The molecule has 1 aromatic carbocycles. The smallest absolute Gasteiger partial charge is 0.222 e. The summed E-state index contributed by atoms with van der Waals surface area (Å²) in [5, 5.41) is 7.84. The Morgan fingerprint density at radius 1 is 1.20 bits per heavy atom. The Bertz CT molecular complexity index is 1280. The molecular weight excluding hydrogens is 468 g/mol. The predicted octanol–water partition coefficient (Wildman–Crippen LogP) is 1.99. The van der Waals surface area contributed by atoms with Gasteiger partial charge >= 0.3 is 0 Å². The molecule has 3 aromatic rings. The van der Waals surface area contributed by atoms with E-state index in [0.717, 1.165) is 54.4 Å². The Morgan fingerprint density at radius 3 is 2.77 bits per heavy atom. The Labute approximate surface area is 205 Å². The first-order valence-electron chi connectivity index (χ1n) is 12.0. The van der Waals surface area contributed by atoms with Crippen molar-refractivity contribution in [2.75, 3.05) is 29.5 Å². The third-order valence-electron chi connectivity index (χ3n) is 7.18. The maximum Gasteiger partial charge on any atom is 0.222 e. The van der Waals surface area contributed by atoms with Crippen molar-refractivity contribution in [3.8, 4) is 11.3 Å². The van der Waals surface area contributed by atoms with E-state index in [-0.39, 0.29) is 18.1 Å². The number of hydrogen-bond donors (Lipinski definition) is 5. The molecule has 188 valence electrons. The second kappa shape index (κ2) is 9.59. The summed E-state index contributed by atoms with van der Waals surface area (Å²) in [5.41, 5.74) is 14.0.